The fourth-order valence-electron chi connectivity index (χ4n) is 2.60. The predicted octanol–water partition coefficient (Wildman–Crippen LogP) is 2.46. The van der Waals surface area contributed by atoms with Crippen LogP contribution in [0.15, 0.2) is 18.2 Å². The summed E-state index contributed by atoms with van der Waals surface area (Å²) in [5, 5.41) is 5.98. The molecule has 5 nitrogen and oxygen atoms in total. The fraction of sp³-hybridized carbons (Fsp3) is 0.533. The summed E-state index contributed by atoms with van der Waals surface area (Å²) in [5.41, 5.74) is 0.0943. The molecule has 0 amide bonds. The van der Waals surface area contributed by atoms with Crippen LogP contribution in [0.1, 0.15) is 26.2 Å². The lowest BCUT2D eigenvalue weighted by molar-refractivity contribution is 0.308. The summed E-state index contributed by atoms with van der Waals surface area (Å²) in [4.78, 5) is 0. The van der Waals surface area contributed by atoms with E-state index < -0.39 is 21.7 Å². The average Bonchev–Trinajstić information content (AvgIpc) is 2.50. The van der Waals surface area contributed by atoms with Crippen molar-refractivity contribution in [3.05, 3.63) is 29.8 Å². The Kier molecular flexibility index (Phi) is 6.47. The second-order valence-corrected chi connectivity index (χ2v) is 8.21. The van der Waals surface area contributed by atoms with Crippen LogP contribution in [0.25, 0.3) is 0 Å². The molecule has 24 heavy (non-hydrogen) atoms. The van der Waals surface area contributed by atoms with Crippen molar-refractivity contribution in [2.45, 2.75) is 32.2 Å². The standard InChI is InChI=1S/C15H21F2N3O2S2/c1-2-9-24(21,22)20-7-5-12(6-8-20)18-15(23)19-14-4-3-11(16)10-13(14)17/h3-4,10,12H,2,5-9H2,1H3,(H2,18,19,23). The van der Waals surface area contributed by atoms with Gasteiger partial charge in [-0.25, -0.2) is 21.5 Å². The summed E-state index contributed by atoms with van der Waals surface area (Å²) in [6.45, 7) is 2.71. The molecule has 0 atom stereocenters. The first kappa shape index (κ1) is 19.0. The van der Waals surface area contributed by atoms with E-state index in [1.165, 1.54) is 10.4 Å². The molecule has 9 heteroatoms. The van der Waals surface area contributed by atoms with Gasteiger partial charge >= 0.3 is 0 Å². The van der Waals surface area contributed by atoms with E-state index in [4.69, 9.17) is 12.2 Å². The second kappa shape index (κ2) is 8.17. The molecule has 2 N–H and O–H groups in total. The van der Waals surface area contributed by atoms with Gasteiger partial charge in [0.05, 0.1) is 11.4 Å². The number of sulfonamides is 1. The van der Waals surface area contributed by atoms with Crippen molar-refractivity contribution in [2.75, 3.05) is 24.2 Å². The maximum Gasteiger partial charge on any atom is 0.214 e. The lowest BCUT2D eigenvalue weighted by atomic mass is 10.1. The van der Waals surface area contributed by atoms with Crippen LogP contribution in [-0.4, -0.2) is 42.7 Å². The third-order valence-electron chi connectivity index (χ3n) is 3.82. The highest BCUT2D eigenvalue weighted by Crippen LogP contribution is 2.17. The number of nitrogens with zero attached hydrogens (tertiary/aromatic N) is 1. The molecule has 1 saturated heterocycles. The number of hydrogen-bond donors (Lipinski definition) is 2. The van der Waals surface area contributed by atoms with E-state index in [9.17, 15) is 17.2 Å². The van der Waals surface area contributed by atoms with Gasteiger partial charge in [-0.05, 0) is 43.6 Å². The summed E-state index contributed by atoms with van der Waals surface area (Å²) >= 11 is 5.14. The Morgan fingerprint density at radius 1 is 1.33 bits per heavy atom. The van der Waals surface area contributed by atoms with E-state index in [-0.39, 0.29) is 22.6 Å². The molecule has 0 unspecified atom stereocenters. The normalized spacial score (nSPS) is 16.8. The first-order valence-corrected chi connectivity index (χ1v) is 9.84. The Morgan fingerprint density at radius 2 is 2.00 bits per heavy atom. The van der Waals surface area contributed by atoms with Crippen LogP contribution in [0.5, 0.6) is 0 Å². The molecule has 1 heterocycles. The van der Waals surface area contributed by atoms with Gasteiger partial charge in [-0.3, -0.25) is 0 Å². The van der Waals surface area contributed by atoms with E-state index in [1.54, 1.807) is 0 Å². The van der Waals surface area contributed by atoms with Crippen molar-refractivity contribution in [3.63, 3.8) is 0 Å². The van der Waals surface area contributed by atoms with E-state index in [0.717, 1.165) is 12.1 Å². The zero-order valence-corrected chi connectivity index (χ0v) is 15.0. The van der Waals surface area contributed by atoms with Crippen LogP contribution in [-0.2, 0) is 10.0 Å². The van der Waals surface area contributed by atoms with Gasteiger partial charge in [-0.15, -0.1) is 0 Å². The summed E-state index contributed by atoms with van der Waals surface area (Å²) in [7, 11) is -3.17. The average molecular weight is 377 g/mol. The Balaban J connectivity index is 1.84. The highest BCUT2D eigenvalue weighted by atomic mass is 32.2. The van der Waals surface area contributed by atoms with Crippen molar-refractivity contribution >= 4 is 33.0 Å². The summed E-state index contributed by atoms with van der Waals surface area (Å²) < 4.78 is 52.0. The monoisotopic (exact) mass is 377 g/mol. The topological polar surface area (TPSA) is 61.4 Å². The van der Waals surface area contributed by atoms with Crippen molar-refractivity contribution in [2.24, 2.45) is 0 Å². The minimum Gasteiger partial charge on any atom is -0.360 e. The van der Waals surface area contributed by atoms with Gasteiger partial charge in [-0.2, -0.15) is 0 Å². The van der Waals surface area contributed by atoms with Crippen LogP contribution >= 0.6 is 12.2 Å². The molecule has 1 aromatic carbocycles. The van der Waals surface area contributed by atoms with Crippen LogP contribution in [0.3, 0.4) is 0 Å². The van der Waals surface area contributed by atoms with Gasteiger partial charge in [0.2, 0.25) is 10.0 Å². The smallest absolute Gasteiger partial charge is 0.214 e. The predicted molar refractivity (Wildman–Crippen MR) is 94.4 cm³/mol. The zero-order chi connectivity index (χ0) is 17.7. The second-order valence-electron chi connectivity index (χ2n) is 5.71. The van der Waals surface area contributed by atoms with E-state index in [0.29, 0.717) is 32.4 Å². The highest BCUT2D eigenvalue weighted by Gasteiger charge is 2.27. The molecule has 0 radical (unpaired) electrons. The molecule has 1 aromatic rings. The van der Waals surface area contributed by atoms with Crippen molar-refractivity contribution in [1.82, 2.24) is 9.62 Å². The SMILES string of the molecule is CCCS(=O)(=O)N1CCC(NC(=S)Nc2ccc(F)cc2F)CC1. The number of halogens is 2. The number of thiocarbonyl (C=S) groups is 1. The van der Waals surface area contributed by atoms with Crippen molar-refractivity contribution < 1.29 is 17.2 Å². The number of rotatable bonds is 5. The van der Waals surface area contributed by atoms with E-state index >= 15 is 0 Å². The van der Waals surface area contributed by atoms with Gasteiger partial charge < -0.3 is 10.6 Å². The maximum atomic E-state index is 13.6. The molecular formula is C15H21F2N3O2S2. The molecule has 0 aliphatic carbocycles. The highest BCUT2D eigenvalue weighted by molar-refractivity contribution is 7.89. The molecule has 0 bridgehead atoms. The fourth-order valence-corrected chi connectivity index (χ4v) is 4.42. The minimum atomic E-state index is -3.17. The molecule has 134 valence electrons. The number of nitrogens with one attached hydrogen (secondary N) is 2. The number of hydrogen-bond acceptors (Lipinski definition) is 3. The van der Waals surface area contributed by atoms with E-state index in [2.05, 4.69) is 10.6 Å². The molecule has 2 rings (SSSR count). The summed E-state index contributed by atoms with van der Waals surface area (Å²) in [6, 6.07) is 3.22. The lowest BCUT2D eigenvalue weighted by Crippen LogP contribution is -2.47. The zero-order valence-electron chi connectivity index (χ0n) is 13.4. The van der Waals surface area contributed by atoms with Crippen LogP contribution in [0, 0.1) is 11.6 Å². The largest absolute Gasteiger partial charge is 0.360 e. The number of piperidine rings is 1. The number of benzene rings is 1. The molecular weight excluding hydrogens is 356 g/mol. The molecule has 1 fully saturated rings. The van der Waals surface area contributed by atoms with Crippen LogP contribution in [0.4, 0.5) is 14.5 Å². The Hall–Kier alpha value is -1.32. The van der Waals surface area contributed by atoms with Gasteiger partial charge in [-0.1, -0.05) is 6.92 Å². The Bertz CT molecular complexity index is 690. The first-order valence-electron chi connectivity index (χ1n) is 7.82. The Labute approximate surface area is 146 Å². The molecule has 1 aliphatic rings. The maximum absolute atomic E-state index is 13.6. The van der Waals surface area contributed by atoms with Gasteiger partial charge in [0, 0.05) is 25.2 Å². The summed E-state index contributed by atoms with van der Waals surface area (Å²) in [5.74, 6) is -1.22. The van der Waals surface area contributed by atoms with E-state index in [1.807, 2.05) is 6.92 Å². The third kappa shape index (κ3) is 5.09. The first-order chi connectivity index (χ1) is 11.3. The molecule has 1 aliphatic heterocycles. The van der Waals surface area contributed by atoms with Gasteiger partial charge in [0.15, 0.2) is 5.11 Å². The van der Waals surface area contributed by atoms with Crippen LogP contribution < -0.4 is 10.6 Å². The summed E-state index contributed by atoms with van der Waals surface area (Å²) in [6.07, 6.45) is 1.84. The third-order valence-corrected chi connectivity index (χ3v) is 6.12. The van der Waals surface area contributed by atoms with Crippen LogP contribution in [0.2, 0.25) is 0 Å². The number of anilines is 1. The molecule has 0 aromatic heterocycles. The minimum absolute atomic E-state index is 0.0154. The Morgan fingerprint density at radius 3 is 2.58 bits per heavy atom. The molecule has 0 saturated carbocycles. The van der Waals surface area contributed by atoms with Gasteiger partial charge in [0.1, 0.15) is 11.6 Å². The lowest BCUT2D eigenvalue weighted by Gasteiger charge is -2.32. The van der Waals surface area contributed by atoms with Crippen molar-refractivity contribution in [1.29, 1.82) is 0 Å². The van der Waals surface area contributed by atoms with Crippen molar-refractivity contribution in [3.8, 4) is 0 Å². The quantitative estimate of drug-likeness (QED) is 0.772. The van der Waals surface area contributed by atoms with Gasteiger partial charge in [0.25, 0.3) is 0 Å². The molecule has 0 spiro atoms.